The van der Waals surface area contributed by atoms with Crippen molar-refractivity contribution in [2.45, 2.75) is 6.54 Å². The molecule has 134 valence electrons. The number of para-hydroxylation sites is 2. The fraction of sp³-hybridized carbons (Fsp3) is 0.286. The Kier molecular flexibility index (Phi) is 4.88. The van der Waals surface area contributed by atoms with Crippen molar-refractivity contribution in [3.05, 3.63) is 66.4 Å². The molecule has 1 fully saturated rings. The van der Waals surface area contributed by atoms with E-state index in [1.54, 1.807) is 7.11 Å². The van der Waals surface area contributed by atoms with Gasteiger partial charge in [-0.2, -0.15) is 0 Å². The van der Waals surface area contributed by atoms with Gasteiger partial charge in [-0.25, -0.2) is 0 Å². The van der Waals surface area contributed by atoms with E-state index in [-0.39, 0.29) is 0 Å². The van der Waals surface area contributed by atoms with Crippen LogP contribution in [0.3, 0.4) is 0 Å². The Morgan fingerprint density at radius 1 is 0.962 bits per heavy atom. The smallest absolute Gasteiger partial charge is 0.151 e. The number of methoxy groups -OCH3 is 1. The molecular weight excluding hydrogens is 326 g/mol. The summed E-state index contributed by atoms with van der Waals surface area (Å²) in [6.07, 6.45) is 0. The van der Waals surface area contributed by atoms with Crippen molar-refractivity contribution in [3.8, 4) is 17.0 Å². The number of benzene rings is 2. The van der Waals surface area contributed by atoms with E-state index in [0.29, 0.717) is 0 Å². The van der Waals surface area contributed by atoms with Gasteiger partial charge >= 0.3 is 0 Å². The van der Waals surface area contributed by atoms with Crippen LogP contribution in [-0.2, 0) is 6.54 Å². The molecule has 0 atom stereocenters. The van der Waals surface area contributed by atoms with Crippen molar-refractivity contribution in [1.82, 2.24) is 10.1 Å². The zero-order chi connectivity index (χ0) is 17.8. The van der Waals surface area contributed by atoms with Crippen LogP contribution in [0.15, 0.2) is 65.2 Å². The highest BCUT2D eigenvalue weighted by atomic mass is 16.5. The van der Waals surface area contributed by atoms with Crippen LogP contribution in [0.4, 0.5) is 5.69 Å². The van der Waals surface area contributed by atoms with Gasteiger partial charge in [-0.15, -0.1) is 0 Å². The molecule has 5 heteroatoms. The van der Waals surface area contributed by atoms with Crippen LogP contribution in [0, 0.1) is 0 Å². The molecule has 0 N–H and O–H groups in total. The number of anilines is 1. The van der Waals surface area contributed by atoms with Crippen molar-refractivity contribution in [3.63, 3.8) is 0 Å². The average Bonchev–Trinajstić information content (AvgIpc) is 3.18. The lowest BCUT2D eigenvalue weighted by Crippen LogP contribution is -2.46. The van der Waals surface area contributed by atoms with Gasteiger partial charge in [0.25, 0.3) is 0 Å². The lowest BCUT2D eigenvalue weighted by molar-refractivity contribution is 0.219. The number of nitrogens with zero attached hydrogens (tertiary/aromatic N) is 3. The van der Waals surface area contributed by atoms with Gasteiger partial charge in [-0.1, -0.05) is 47.6 Å². The average molecular weight is 349 g/mol. The normalized spacial score (nSPS) is 15.2. The Balaban J connectivity index is 1.36. The first-order valence-electron chi connectivity index (χ1n) is 8.95. The molecule has 3 aromatic rings. The predicted molar refractivity (Wildman–Crippen MR) is 102 cm³/mol. The summed E-state index contributed by atoms with van der Waals surface area (Å²) in [4.78, 5) is 4.78. The van der Waals surface area contributed by atoms with Gasteiger partial charge in [0, 0.05) is 37.8 Å². The monoisotopic (exact) mass is 349 g/mol. The molecule has 2 heterocycles. The fourth-order valence-electron chi connectivity index (χ4n) is 3.39. The first kappa shape index (κ1) is 16.7. The van der Waals surface area contributed by atoms with Crippen LogP contribution in [0.5, 0.6) is 5.75 Å². The maximum absolute atomic E-state index is 5.54. The first-order chi connectivity index (χ1) is 12.8. The number of piperazine rings is 1. The van der Waals surface area contributed by atoms with Gasteiger partial charge in [0.05, 0.1) is 19.3 Å². The third kappa shape index (κ3) is 3.58. The molecule has 0 spiro atoms. The van der Waals surface area contributed by atoms with Gasteiger partial charge in [0.15, 0.2) is 5.76 Å². The van der Waals surface area contributed by atoms with Gasteiger partial charge in [0.1, 0.15) is 11.4 Å². The van der Waals surface area contributed by atoms with E-state index in [9.17, 15) is 0 Å². The molecular formula is C21H23N3O2. The van der Waals surface area contributed by atoms with E-state index >= 15 is 0 Å². The molecule has 1 aliphatic rings. The van der Waals surface area contributed by atoms with Crippen molar-refractivity contribution in [1.29, 1.82) is 0 Å². The number of rotatable bonds is 5. The van der Waals surface area contributed by atoms with Crippen molar-refractivity contribution in [2.75, 3.05) is 38.2 Å². The van der Waals surface area contributed by atoms with Crippen LogP contribution in [0.25, 0.3) is 11.3 Å². The maximum Gasteiger partial charge on any atom is 0.151 e. The molecule has 5 nitrogen and oxygen atoms in total. The molecule has 0 unspecified atom stereocenters. The Hall–Kier alpha value is -2.79. The van der Waals surface area contributed by atoms with E-state index in [1.807, 2.05) is 48.5 Å². The standard InChI is InChI=1S/C21H23N3O2/c1-25-21-10-6-5-9-20(21)24-13-11-23(12-14-24)16-18-15-19(22-26-18)17-7-3-2-4-8-17/h2-10,15H,11-14,16H2,1H3. The Labute approximate surface area is 153 Å². The zero-order valence-electron chi connectivity index (χ0n) is 15.0. The molecule has 0 amide bonds. The molecule has 1 aliphatic heterocycles. The second-order valence-electron chi connectivity index (χ2n) is 6.48. The highest BCUT2D eigenvalue weighted by Crippen LogP contribution is 2.28. The molecule has 1 saturated heterocycles. The minimum absolute atomic E-state index is 0.791. The van der Waals surface area contributed by atoms with E-state index in [1.165, 1.54) is 5.69 Å². The molecule has 0 aliphatic carbocycles. The van der Waals surface area contributed by atoms with Crippen LogP contribution in [0.1, 0.15) is 5.76 Å². The van der Waals surface area contributed by atoms with Gasteiger partial charge in [0.2, 0.25) is 0 Å². The highest BCUT2D eigenvalue weighted by molar-refractivity contribution is 5.59. The minimum Gasteiger partial charge on any atom is -0.495 e. The molecule has 2 aromatic carbocycles. The molecule has 26 heavy (non-hydrogen) atoms. The van der Waals surface area contributed by atoms with Gasteiger partial charge in [-0.05, 0) is 12.1 Å². The predicted octanol–water partition coefficient (Wildman–Crippen LogP) is 3.67. The maximum atomic E-state index is 5.54. The fourth-order valence-corrected chi connectivity index (χ4v) is 3.39. The summed E-state index contributed by atoms with van der Waals surface area (Å²) < 4.78 is 11.0. The van der Waals surface area contributed by atoms with Crippen molar-refractivity contribution >= 4 is 5.69 Å². The Morgan fingerprint density at radius 2 is 1.69 bits per heavy atom. The van der Waals surface area contributed by atoms with E-state index in [2.05, 4.69) is 27.1 Å². The highest BCUT2D eigenvalue weighted by Gasteiger charge is 2.20. The van der Waals surface area contributed by atoms with Crippen LogP contribution < -0.4 is 9.64 Å². The number of hydrogen-bond acceptors (Lipinski definition) is 5. The van der Waals surface area contributed by atoms with Gasteiger partial charge in [-0.3, -0.25) is 4.90 Å². The topological polar surface area (TPSA) is 41.7 Å². The van der Waals surface area contributed by atoms with Crippen LogP contribution >= 0.6 is 0 Å². The van der Waals surface area contributed by atoms with E-state index < -0.39 is 0 Å². The molecule has 1 aromatic heterocycles. The number of ether oxygens (including phenoxy) is 1. The molecule has 0 radical (unpaired) electrons. The summed E-state index contributed by atoms with van der Waals surface area (Å²) in [5.74, 6) is 1.85. The summed E-state index contributed by atoms with van der Waals surface area (Å²) >= 11 is 0. The Bertz CT molecular complexity index is 839. The quantitative estimate of drug-likeness (QED) is 0.703. The Morgan fingerprint density at radius 3 is 2.46 bits per heavy atom. The summed E-state index contributed by atoms with van der Waals surface area (Å²) in [5, 5.41) is 4.21. The second-order valence-corrected chi connectivity index (χ2v) is 6.48. The summed E-state index contributed by atoms with van der Waals surface area (Å²) in [6.45, 7) is 4.71. The van der Waals surface area contributed by atoms with E-state index in [0.717, 1.165) is 55.5 Å². The third-order valence-electron chi connectivity index (χ3n) is 4.81. The molecule has 0 bridgehead atoms. The minimum atomic E-state index is 0.791. The molecule has 0 saturated carbocycles. The van der Waals surface area contributed by atoms with Crippen LogP contribution in [0.2, 0.25) is 0 Å². The van der Waals surface area contributed by atoms with E-state index in [4.69, 9.17) is 9.26 Å². The summed E-state index contributed by atoms with van der Waals surface area (Å²) in [7, 11) is 1.73. The number of hydrogen-bond donors (Lipinski definition) is 0. The third-order valence-corrected chi connectivity index (χ3v) is 4.81. The van der Waals surface area contributed by atoms with Crippen molar-refractivity contribution in [2.24, 2.45) is 0 Å². The second kappa shape index (κ2) is 7.62. The largest absolute Gasteiger partial charge is 0.495 e. The van der Waals surface area contributed by atoms with Gasteiger partial charge < -0.3 is 14.2 Å². The van der Waals surface area contributed by atoms with Crippen LogP contribution in [-0.4, -0.2) is 43.3 Å². The lowest BCUT2D eigenvalue weighted by atomic mass is 10.1. The number of aromatic nitrogens is 1. The SMILES string of the molecule is COc1ccccc1N1CCN(Cc2cc(-c3ccccc3)no2)CC1. The summed E-state index contributed by atoms with van der Waals surface area (Å²) in [6, 6.07) is 20.4. The first-order valence-corrected chi connectivity index (χ1v) is 8.95. The molecule has 4 rings (SSSR count). The lowest BCUT2D eigenvalue weighted by Gasteiger charge is -2.36. The van der Waals surface area contributed by atoms with Crippen molar-refractivity contribution < 1.29 is 9.26 Å². The zero-order valence-corrected chi connectivity index (χ0v) is 15.0. The summed E-state index contributed by atoms with van der Waals surface area (Å²) in [5.41, 5.74) is 3.15.